The molecule has 1 unspecified atom stereocenters. The third-order valence-corrected chi connectivity index (χ3v) is 7.96. The Labute approximate surface area is 272 Å². The molecule has 0 heterocycles. The van der Waals surface area contributed by atoms with Crippen molar-refractivity contribution in [1.29, 1.82) is 0 Å². The third-order valence-electron chi connectivity index (χ3n) is 5.26. The molecule has 0 aliphatic carbocycles. The molecule has 0 saturated heterocycles. The number of likely N-dealkylation sites (N-methyl/N-ethyl adjacent to an activating group) is 1. The zero-order valence-corrected chi connectivity index (χ0v) is 26.3. The van der Waals surface area contributed by atoms with Gasteiger partial charge in [-0.25, -0.2) is 16.8 Å². The van der Waals surface area contributed by atoms with Gasteiger partial charge in [-0.1, -0.05) is 0 Å². The number of halogens is 13. The summed E-state index contributed by atoms with van der Waals surface area (Å²) in [6, 6.07) is 0. The third kappa shape index (κ3) is 9.70. The number of nitrogens with zero attached hydrogens (tertiary/aromatic N) is 2. The predicted molar refractivity (Wildman–Crippen MR) is 107 cm³/mol. The maximum absolute atomic E-state index is 14.5. The minimum Gasteiger partial charge on any atom is -0.870 e. The first-order chi connectivity index (χ1) is 17.3. The molecule has 0 aromatic carbocycles. The van der Waals surface area contributed by atoms with Crippen molar-refractivity contribution in [3.8, 4) is 0 Å². The molecule has 0 saturated carbocycles. The van der Waals surface area contributed by atoms with Gasteiger partial charge in [-0.2, -0.15) is 61.4 Å². The molecular formula is C16H24F13KN2O8S2. The first kappa shape index (κ1) is 46.8. The van der Waals surface area contributed by atoms with Gasteiger partial charge >= 0.3 is 86.5 Å². The Balaban J connectivity index is -0.00000760. The van der Waals surface area contributed by atoms with Crippen LogP contribution in [0.2, 0.25) is 0 Å². The largest absolute Gasteiger partial charge is 1.00 e. The van der Waals surface area contributed by atoms with E-state index in [9.17, 15) is 83.6 Å². The standard InChI is InChI=1S/C16H23F13N2O7S2.K.H2O/c1-31(2,6-7-32)5-3-4-30(8-10(33)9-39(34,35)36)40(37,38)16(28,29)14(23,24)12(19,20)11(17,18)13(21,22)15(25,26)27;;/h10,32-33H,3-9H2,1-2H3;;1H2/q;+1;/p-1. The van der Waals surface area contributed by atoms with E-state index in [1.807, 2.05) is 0 Å². The van der Waals surface area contributed by atoms with Gasteiger partial charge in [0.25, 0.3) is 10.0 Å². The summed E-state index contributed by atoms with van der Waals surface area (Å²) in [6.07, 6.45) is -11.3. The van der Waals surface area contributed by atoms with E-state index in [1.54, 1.807) is 0 Å². The van der Waals surface area contributed by atoms with E-state index in [4.69, 9.17) is 5.11 Å². The Morgan fingerprint density at radius 1 is 0.786 bits per heavy atom. The van der Waals surface area contributed by atoms with Gasteiger partial charge in [-0.15, -0.1) is 0 Å². The van der Waals surface area contributed by atoms with Gasteiger partial charge in [0.1, 0.15) is 6.54 Å². The van der Waals surface area contributed by atoms with Crippen molar-refractivity contribution in [3.63, 3.8) is 0 Å². The molecule has 0 aliphatic rings. The number of sulfonamides is 1. The zero-order valence-electron chi connectivity index (χ0n) is 21.5. The Bertz CT molecular complexity index is 1090. The molecule has 10 nitrogen and oxygen atoms in total. The van der Waals surface area contributed by atoms with Crippen LogP contribution in [0.4, 0.5) is 57.1 Å². The van der Waals surface area contributed by atoms with Crippen molar-refractivity contribution in [3.05, 3.63) is 0 Å². The molecule has 3 N–H and O–H groups in total. The van der Waals surface area contributed by atoms with Crippen LogP contribution in [0.1, 0.15) is 6.42 Å². The van der Waals surface area contributed by atoms with Crippen LogP contribution in [0.25, 0.3) is 0 Å². The van der Waals surface area contributed by atoms with Gasteiger partial charge < -0.3 is 24.7 Å². The van der Waals surface area contributed by atoms with Crippen LogP contribution in [-0.2, 0) is 20.1 Å². The molecule has 26 heteroatoms. The Hall–Kier alpha value is 0.386. The molecule has 0 bridgehead atoms. The second-order valence-corrected chi connectivity index (χ2v) is 12.4. The van der Waals surface area contributed by atoms with Crippen LogP contribution in [0.5, 0.6) is 0 Å². The van der Waals surface area contributed by atoms with E-state index in [0.717, 1.165) is 0 Å². The van der Waals surface area contributed by atoms with Gasteiger partial charge in [0.15, 0.2) is 0 Å². The monoisotopic (exact) mass is 722 g/mol. The number of quaternary nitrogens is 1. The second-order valence-electron chi connectivity index (χ2n) is 9.01. The fourth-order valence-electron chi connectivity index (χ4n) is 2.97. The SMILES string of the molecule is C[N+](C)(CCO)CCCN(CC(O)CS(=O)(=O)[O-])S(=O)(=O)C(F)(F)C(F)(F)C(F)(F)C(F)(F)C(F)(F)C(F)(F)F.[K+].[OH-]. The molecule has 0 radical (unpaired) electrons. The summed E-state index contributed by atoms with van der Waals surface area (Å²) in [6.45, 7) is -4.60. The van der Waals surface area contributed by atoms with Crippen LogP contribution >= 0.6 is 0 Å². The van der Waals surface area contributed by atoms with E-state index in [2.05, 4.69) is 0 Å². The van der Waals surface area contributed by atoms with Crippen LogP contribution in [0.3, 0.4) is 0 Å². The van der Waals surface area contributed by atoms with Gasteiger partial charge in [-0.05, 0) is 0 Å². The first-order valence-corrected chi connectivity index (χ1v) is 13.3. The van der Waals surface area contributed by atoms with Crippen molar-refractivity contribution < 1.29 is 150 Å². The minimum absolute atomic E-state index is 0. The molecule has 42 heavy (non-hydrogen) atoms. The molecule has 0 rings (SSSR count). The molecule has 0 spiro atoms. The number of hydrogen-bond donors (Lipinski definition) is 2. The number of aliphatic hydroxyl groups is 2. The number of aliphatic hydroxyl groups excluding tert-OH is 2. The van der Waals surface area contributed by atoms with Crippen molar-refractivity contribution in [2.75, 3.05) is 52.6 Å². The van der Waals surface area contributed by atoms with Crippen molar-refractivity contribution in [2.24, 2.45) is 0 Å². The molecule has 0 amide bonds. The first-order valence-electron chi connectivity index (χ1n) is 10.3. The molecular weight excluding hydrogens is 698 g/mol. The van der Waals surface area contributed by atoms with Gasteiger partial charge in [0, 0.05) is 19.5 Å². The zero-order chi connectivity index (χ0) is 32.6. The number of alkyl halides is 13. The smallest absolute Gasteiger partial charge is 0.870 e. The minimum atomic E-state index is -8.42. The molecule has 250 valence electrons. The van der Waals surface area contributed by atoms with Crippen LogP contribution in [0.15, 0.2) is 0 Å². The second kappa shape index (κ2) is 14.9. The number of hydrogen-bond acceptors (Lipinski definition) is 8. The van der Waals surface area contributed by atoms with Crippen molar-refractivity contribution in [1.82, 2.24) is 4.31 Å². The maximum Gasteiger partial charge on any atom is 1.00 e. The van der Waals surface area contributed by atoms with E-state index >= 15 is 0 Å². The normalized spacial score (nSPS) is 15.7. The van der Waals surface area contributed by atoms with Crippen molar-refractivity contribution in [2.45, 2.75) is 47.6 Å². The fraction of sp³-hybridized carbons (Fsp3) is 1.00. The molecule has 0 aliphatic heterocycles. The van der Waals surface area contributed by atoms with Crippen LogP contribution in [-0.4, -0.2) is 140 Å². The summed E-state index contributed by atoms with van der Waals surface area (Å²) < 4.78 is 230. The van der Waals surface area contributed by atoms with E-state index < -0.39 is 97.5 Å². The van der Waals surface area contributed by atoms with E-state index in [0.29, 0.717) is 0 Å². The average Bonchev–Trinajstić information content (AvgIpc) is 2.69. The molecule has 1 atom stereocenters. The average molecular weight is 723 g/mol. The van der Waals surface area contributed by atoms with Gasteiger partial charge in [0.2, 0.25) is 0 Å². The maximum atomic E-state index is 14.5. The van der Waals surface area contributed by atoms with Crippen molar-refractivity contribution >= 4 is 20.1 Å². The summed E-state index contributed by atoms with van der Waals surface area (Å²) in [7, 11) is -10.4. The van der Waals surface area contributed by atoms with Crippen LogP contribution < -0.4 is 51.4 Å². The van der Waals surface area contributed by atoms with E-state index in [1.165, 1.54) is 14.1 Å². The van der Waals surface area contributed by atoms with Gasteiger partial charge in [0.05, 0.1) is 49.2 Å². The fourth-order valence-corrected chi connectivity index (χ4v) is 5.06. The predicted octanol–water partition coefficient (Wildman–Crippen LogP) is -1.49. The van der Waals surface area contributed by atoms with Crippen LogP contribution in [0, 0.1) is 0 Å². The quantitative estimate of drug-likeness (QED) is 0.0843. The summed E-state index contributed by atoms with van der Waals surface area (Å²) in [4.78, 5) is 0. The Morgan fingerprint density at radius 2 is 1.19 bits per heavy atom. The Kier molecular flexibility index (Phi) is 16.6. The van der Waals surface area contributed by atoms with Gasteiger partial charge in [-0.3, -0.25) is 0 Å². The molecule has 0 aromatic rings. The summed E-state index contributed by atoms with van der Waals surface area (Å²) in [5.41, 5.74) is 0. The summed E-state index contributed by atoms with van der Waals surface area (Å²) >= 11 is 0. The molecule has 0 aromatic heterocycles. The summed E-state index contributed by atoms with van der Waals surface area (Å²) in [5, 5.41) is 10.9. The van der Waals surface area contributed by atoms with E-state index in [-0.39, 0.29) is 74.4 Å². The summed E-state index contributed by atoms with van der Waals surface area (Å²) in [5.74, 6) is -35.1. The Morgan fingerprint density at radius 3 is 1.55 bits per heavy atom. The topological polar surface area (TPSA) is 165 Å². The molecule has 0 fully saturated rings. The number of rotatable bonds is 16.